The molecule has 1 aromatic rings. The summed E-state index contributed by atoms with van der Waals surface area (Å²) >= 11 is 0. The maximum atomic E-state index is 11.8. The van der Waals surface area contributed by atoms with E-state index < -0.39 is 17.0 Å². The van der Waals surface area contributed by atoms with E-state index in [1.807, 2.05) is 0 Å². The zero-order chi connectivity index (χ0) is 11.6. The molecule has 1 aliphatic carbocycles. The molecule has 1 heterocycles. The highest BCUT2D eigenvalue weighted by Crippen LogP contribution is 2.30. The molecule has 1 fully saturated rings. The summed E-state index contributed by atoms with van der Waals surface area (Å²) in [6, 6.07) is 5.11. The Kier molecular flexibility index (Phi) is 2.49. The summed E-state index contributed by atoms with van der Waals surface area (Å²) in [6.07, 6.45) is 3.70. The van der Waals surface area contributed by atoms with Crippen molar-refractivity contribution in [3.05, 3.63) is 34.2 Å². The summed E-state index contributed by atoms with van der Waals surface area (Å²) in [5.41, 5.74) is -1.16. The summed E-state index contributed by atoms with van der Waals surface area (Å²) < 4.78 is 0. The second-order valence-corrected chi connectivity index (χ2v) is 3.91. The molecular weight excluding hydrogens is 206 g/mol. The molecule has 5 heteroatoms. The quantitative estimate of drug-likeness (QED) is 0.758. The van der Waals surface area contributed by atoms with E-state index in [1.165, 1.54) is 12.3 Å². The van der Waals surface area contributed by atoms with Crippen molar-refractivity contribution < 1.29 is 4.79 Å². The smallest absolute Gasteiger partial charge is 0.260 e. The lowest BCUT2D eigenvalue weighted by Gasteiger charge is -2.35. The lowest BCUT2D eigenvalue weighted by molar-refractivity contribution is 0.0880. The number of hydrogen-bond acceptors (Lipinski definition) is 3. The van der Waals surface area contributed by atoms with Crippen LogP contribution >= 0.6 is 0 Å². The third-order valence-corrected chi connectivity index (χ3v) is 2.84. The first-order chi connectivity index (χ1) is 7.67. The van der Waals surface area contributed by atoms with Crippen molar-refractivity contribution in [2.75, 3.05) is 0 Å². The van der Waals surface area contributed by atoms with Gasteiger partial charge in [-0.05, 0) is 31.4 Å². The Morgan fingerprint density at radius 3 is 2.81 bits per heavy atom. The van der Waals surface area contributed by atoms with Crippen LogP contribution in [0.1, 0.15) is 29.6 Å². The molecule has 0 aliphatic heterocycles. The fraction of sp³-hybridized carbons (Fsp3) is 0.364. The third kappa shape index (κ3) is 1.70. The number of rotatable bonds is 2. The zero-order valence-corrected chi connectivity index (χ0v) is 8.62. The lowest BCUT2D eigenvalue weighted by Crippen LogP contribution is -2.53. The van der Waals surface area contributed by atoms with E-state index in [2.05, 4.69) is 16.4 Å². The molecule has 0 spiro atoms. The van der Waals surface area contributed by atoms with Crippen LogP contribution in [0.2, 0.25) is 0 Å². The van der Waals surface area contributed by atoms with Crippen molar-refractivity contribution in [1.82, 2.24) is 10.3 Å². The summed E-state index contributed by atoms with van der Waals surface area (Å²) in [7, 11) is 0. The number of nitrogens with one attached hydrogen (secondary N) is 2. The highest BCUT2D eigenvalue weighted by Gasteiger charge is 2.39. The van der Waals surface area contributed by atoms with Gasteiger partial charge < -0.3 is 10.3 Å². The number of hydrogen-bond donors (Lipinski definition) is 2. The van der Waals surface area contributed by atoms with E-state index in [0.717, 1.165) is 6.42 Å². The van der Waals surface area contributed by atoms with E-state index in [4.69, 9.17) is 5.26 Å². The van der Waals surface area contributed by atoms with Crippen LogP contribution in [0, 0.1) is 11.3 Å². The van der Waals surface area contributed by atoms with Gasteiger partial charge in [0.1, 0.15) is 11.1 Å². The predicted molar refractivity (Wildman–Crippen MR) is 56.7 cm³/mol. The molecule has 2 N–H and O–H groups in total. The van der Waals surface area contributed by atoms with Gasteiger partial charge in [-0.2, -0.15) is 5.26 Å². The first kappa shape index (κ1) is 10.4. The number of nitriles is 1. The fourth-order valence-corrected chi connectivity index (χ4v) is 1.68. The maximum Gasteiger partial charge on any atom is 0.260 e. The summed E-state index contributed by atoms with van der Waals surface area (Å²) in [5, 5.41) is 11.6. The number of aromatic amines is 1. The Hall–Kier alpha value is -2.09. The van der Waals surface area contributed by atoms with E-state index in [-0.39, 0.29) is 5.56 Å². The van der Waals surface area contributed by atoms with Gasteiger partial charge in [0.2, 0.25) is 0 Å². The fourth-order valence-electron chi connectivity index (χ4n) is 1.68. The van der Waals surface area contributed by atoms with Gasteiger partial charge in [-0.15, -0.1) is 0 Å². The molecule has 0 radical (unpaired) electrons. The molecule has 2 rings (SSSR count). The van der Waals surface area contributed by atoms with Crippen LogP contribution in [0.5, 0.6) is 0 Å². The van der Waals surface area contributed by atoms with E-state index in [0.29, 0.717) is 12.8 Å². The number of H-pyrrole nitrogens is 1. The topological polar surface area (TPSA) is 85.8 Å². The average molecular weight is 217 g/mol. The van der Waals surface area contributed by atoms with Crippen LogP contribution in [-0.4, -0.2) is 16.4 Å². The molecule has 1 aliphatic rings. The molecule has 0 unspecified atom stereocenters. The van der Waals surface area contributed by atoms with Gasteiger partial charge in [-0.1, -0.05) is 0 Å². The standard InChI is InChI=1S/C11H11N3O2/c12-7-11(4-2-5-11)14-10(16)8-3-1-6-13-9(8)15/h1,3,6H,2,4-5H2,(H,13,15)(H,14,16). The molecule has 0 atom stereocenters. The van der Waals surface area contributed by atoms with Gasteiger partial charge in [-0.25, -0.2) is 0 Å². The molecule has 1 saturated carbocycles. The zero-order valence-electron chi connectivity index (χ0n) is 8.62. The van der Waals surface area contributed by atoms with Crippen LogP contribution in [0.4, 0.5) is 0 Å². The van der Waals surface area contributed by atoms with Gasteiger partial charge in [0.25, 0.3) is 11.5 Å². The van der Waals surface area contributed by atoms with Gasteiger partial charge >= 0.3 is 0 Å². The Morgan fingerprint density at radius 2 is 2.31 bits per heavy atom. The average Bonchev–Trinajstić information content (AvgIpc) is 2.24. The summed E-state index contributed by atoms with van der Waals surface area (Å²) in [4.78, 5) is 25.5. The molecule has 5 nitrogen and oxygen atoms in total. The number of amides is 1. The molecule has 82 valence electrons. The SMILES string of the molecule is N#CC1(NC(=O)c2ccc[nH]c2=O)CCC1. The van der Waals surface area contributed by atoms with Crippen LogP contribution < -0.4 is 10.9 Å². The first-order valence-corrected chi connectivity index (χ1v) is 5.08. The van der Waals surface area contributed by atoms with Crippen molar-refractivity contribution in [1.29, 1.82) is 5.26 Å². The van der Waals surface area contributed by atoms with Crippen molar-refractivity contribution in [3.8, 4) is 6.07 Å². The van der Waals surface area contributed by atoms with Crippen LogP contribution in [0.15, 0.2) is 23.1 Å². The number of nitrogens with zero attached hydrogens (tertiary/aromatic N) is 1. The minimum Gasteiger partial charge on any atom is -0.334 e. The second kappa shape index (κ2) is 3.81. The number of pyridine rings is 1. The Morgan fingerprint density at radius 1 is 1.56 bits per heavy atom. The maximum absolute atomic E-state index is 11.8. The first-order valence-electron chi connectivity index (χ1n) is 5.08. The van der Waals surface area contributed by atoms with Gasteiger partial charge in [0.05, 0.1) is 6.07 Å². The minimum atomic E-state index is -0.765. The number of carbonyl (C=O) groups excluding carboxylic acids is 1. The van der Waals surface area contributed by atoms with Crippen LogP contribution in [0.3, 0.4) is 0 Å². The van der Waals surface area contributed by atoms with Gasteiger partial charge in [-0.3, -0.25) is 9.59 Å². The number of carbonyl (C=O) groups is 1. The van der Waals surface area contributed by atoms with E-state index >= 15 is 0 Å². The molecule has 16 heavy (non-hydrogen) atoms. The Bertz CT molecular complexity index is 508. The highest BCUT2D eigenvalue weighted by atomic mass is 16.2. The molecule has 0 aromatic carbocycles. The monoisotopic (exact) mass is 217 g/mol. The Labute approximate surface area is 92.1 Å². The van der Waals surface area contributed by atoms with Crippen molar-refractivity contribution in [3.63, 3.8) is 0 Å². The lowest BCUT2D eigenvalue weighted by atomic mass is 9.78. The summed E-state index contributed by atoms with van der Waals surface area (Å²) in [6.45, 7) is 0. The molecule has 0 bridgehead atoms. The molecular formula is C11H11N3O2. The van der Waals surface area contributed by atoms with Gasteiger partial charge in [0.15, 0.2) is 0 Å². The van der Waals surface area contributed by atoms with Gasteiger partial charge in [0, 0.05) is 6.20 Å². The normalized spacial score (nSPS) is 16.9. The molecule has 1 aromatic heterocycles. The highest BCUT2D eigenvalue weighted by molar-refractivity contribution is 5.94. The van der Waals surface area contributed by atoms with Crippen molar-refractivity contribution >= 4 is 5.91 Å². The Balaban J connectivity index is 2.19. The predicted octanol–water partition coefficient (Wildman–Crippen LogP) is 0.551. The third-order valence-electron chi connectivity index (χ3n) is 2.84. The largest absolute Gasteiger partial charge is 0.334 e. The van der Waals surface area contributed by atoms with Crippen LogP contribution in [-0.2, 0) is 0 Å². The second-order valence-electron chi connectivity index (χ2n) is 3.91. The number of aromatic nitrogens is 1. The van der Waals surface area contributed by atoms with Crippen molar-refractivity contribution in [2.24, 2.45) is 0 Å². The molecule has 1 amide bonds. The van der Waals surface area contributed by atoms with E-state index in [1.54, 1.807) is 6.07 Å². The molecule has 0 saturated heterocycles. The minimum absolute atomic E-state index is 0.0454. The summed E-state index contributed by atoms with van der Waals surface area (Å²) in [5.74, 6) is -0.483. The van der Waals surface area contributed by atoms with E-state index in [9.17, 15) is 9.59 Å². The van der Waals surface area contributed by atoms with Crippen LogP contribution in [0.25, 0.3) is 0 Å². The van der Waals surface area contributed by atoms with Crippen molar-refractivity contribution in [2.45, 2.75) is 24.8 Å².